The molecule has 0 fully saturated rings. The molecule has 0 bridgehead atoms. The smallest absolute Gasteiger partial charge is 0.550 e. The van der Waals surface area contributed by atoms with Crippen LogP contribution in [0.2, 0.25) is 0 Å². The second-order valence-electron chi connectivity index (χ2n) is 6.24. The molecule has 0 aromatic rings. The van der Waals surface area contributed by atoms with Crippen LogP contribution in [0.15, 0.2) is 0 Å². The molecule has 0 aromatic carbocycles. The van der Waals surface area contributed by atoms with Crippen LogP contribution in [0.25, 0.3) is 0 Å². The fraction of sp³-hybridized carbons (Fsp3) is 0.944. The Bertz CT molecular complexity index is 234. The normalized spacial score (nSPS) is 11.9. The molecule has 3 nitrogen and oxygen atoms in total. The zero-order chi connectivity index (χ0) is 15.8. The Balaban J connectivity index is 0. The minimum absolute atomic E-state index is 0. The standard InChI is InChI=1S/C18H36O3.K/c1-2-3-4-5-6-8-11-14-17(19)15-12-9-7-10-13-16-18(20)21;/h17,19H,2-16H2,1H3,(H,20,21);/q;+1/p-1. The van der Waals surface area contributed by atoms with Gasteiger partial charge in [0.05, 0.1) is 6.10 Å². The third-order valence-corrected chi connectivity index (χ3v) is 4.06. The van der Waals surface area contributed by atoms with Crippen molar-refractivity contribution in [3.8, 4) is 0 Å². The van der Waals surface area contributed by atoms with E-state index < -0.39 is 5.97 Å². The molecule has 0 rings (SSSR count). The van der Waals surface area contributed by atoms with E-state index in [9.17, 15) is 15.0 Å². The fourth-order valence-electron chi connectivity index (χ4n) is 2.66. The van der Waals surface area contributed by atoms with E-state index in [4.69, 9.17) is 0 Å². The third-order valence-electron chi connectivity index (χ3n) is 4.06. The van der Waals surface area contributed by atoms with Gasteiger partial charge in [0.25, 0.3) is 0 Å². The number of hydrogen-bond donors (Lipinski definition) is 1. The van der Waals surface area contributed by atoms with E-state index in [1.807, 2.05) is 0 Å². The van der Waals surface area contributed by atoms with Crippen LogP contribution in [-0.2, 0) is 4.79 Å². The predicted molar refractivity (Wildman–Crippen MR) is 85.9 cm³/mol. The Morgan fingerprint density at radius 1 is 0.818 bits per heavy atom. The summed E-state index contributed by atoms with van der Waals surface area (Å²) in [6, 6.07) is 0. The SMILES string of the molecule is CCCCCCCCCC(O)CCCCCCCC(=O)[O-].[K+]. The van der Waals surface area contributed by atoms with Crippen LogP contribution in [0.3, 0.4) is 0 Å². The summed E-state index contributed by atoms with van der Waals surface area (Å²) in [6.45, 7) is 2.24. The fourth-order valence-corrected chi connectivity index (χ4v) is 2.66. The maximum atomic E-state index is 10.2. The van der Waals surface area contributed by atoms with Gasteiger partial charge < -0.3 is 15.0 Å². The van der Waals surface area contributed by atoms with Crippen LogP contribution >= 0.6 is 0 Å². The number of carbonyl (C=O) groups is 1. The van der Waals surface area contributed by atoms with Gasteiger partial charge in [-0.1, -0.05) is 77.6 Å². The number of aliphatic carboxylic acids is 1. The summed E-state index contributed by atoms with van der Waals surface area (Å²) < 4.78 is 0. The van der Waals surface area contributed by atoms with Crippen LogP contribution in [0.5, 0.6) is 0 Å². The van der Waals surface area contributed by atoms with Gasteiger partial charge in [-0.05, 0) is 25.7 Å². The minimum Gasteiger partial charge on any atom is -0.550 e. The molecule has 0 saturated heterocycles. The van der Waals surface area contributed by atoms with Gasteiger partial charge in [-0.25, -0.2) is 0 Å². The van der Waals surface area contributed by atoms with E-state index in [0.717, 1.165) is 51.4 Å². The van der Waals surface area contributed by atoms with Crippen molar-refractivity contribution in [2.75, 3.05) is 0 Å². The number of aliphatic hydroxyl groups is 1. The molecule has 0 radical (unpaired) electrons. The van der Waals surface area contributed by atoms with Crippen LogP contribution in [0.1, 0.15) is 103 Å². The molecule has 1 atom stereocenters. The van der Waals surface area contributed by atoms with Crippen molar-refractivity contribution < 1.29 is 66.4 Å². The first kappa shape index (κ1) is 25.3. The molecule has 0 aliphatic rings. The molecular weight excluding hydrogens is 303 g/mol. The number of aliphatic hydroxyl groups excluding tert-OH is 1. The van der Waals surface area contributed by atoms with Crippen LogP contribution in [-0.4, -0.2) is 17.2 Å². The molecular formula is C18H35KO3. The molecule has 4 heteroatoms. The number of unbranched alkanes of at least 4 members (excludes halogenated alkanes) is 10. The van der Waals surface area contributed by atoms with E-state index in [-0.39, 0.29) is 63.9 Å². The Morgan fingerprint density at radius 3 is 1.68 bits per heavy atom. The van der Waals surface area contributed by atoms with Crippen molar-refractivity contribution in [2.45, 2.75) is 109 Å². The Labute approximate surface area is 180 Å². The first-order valence-electron chi connectivity index (χ1n) is 9.04. The van der Waals surface area contributed by atoms with Crippen molar-refractivity contribution in [1.82, 2.24) is 0 Å². The summed E-state index contributed by atoms with van der Waals surface area (Å²) in [7, 11) is 0. The van der Waals surface area contributed by atoms with Crippen molar-refractivity contribution in [1.29, 1.82) is 0 Å². The van der Waals surface area contributed by atoms with Gasteiger partial charge in [0.2, 0.25) is 0 Å². The third kappa shape index (κ3) is 21.1. The molecule has 1 unspecified atom stereocenters. The number of carboxylic acid groups (broad SMARTS) is 1. The first-order valence-corrected chi connectivity index (χ1v) is 9.04. The zero-order valence-electron chi connectivity index (χ0n) is 14.9. The number of hydrogen-bond acceptors (Lipinski definition) is 3. The summed E-state index contributed by atoms with van der Waals surface area (Å²) in [5.41, 5.74) is 0. The van der Waals surface area contributed by atoms with E-state index in [1.54, 1.807) is 0 Å². The van der Waals surface area contributed by atoms with Crippen molar-refractivity contribution in [3.05, 3.63) is 0 Å². The van der Waals surface area contributed by atoms with Gasteiger partial charge in [-0.2, -0.15) is 0 Å². The second-order valence-corrected chi connectivity index (χ2v) is 6.24. The van der Waals surface area contributed by atoms with E-state index in [0.29, 0.717) is 0 Å². The second kappa shape index (κ2) is 20.1. The maximum absolute atomic E-state index is 10.2. The first-order chi connectivity index (χ1) is 10.2. The molecule has 0 amide bonds. The number of carboxylic acids is 1. The molecule has 126 valence electrons. The molecule has 0 saturated carbocycles. The summed E-state index contributed by atoms with van der Waals surface area (Å²) in [4.78, 5) is 10.2. The van der Waals surface area contributed by atoms with Crippen LogP contribution < -0.4 is 56.5 Å². The van der Waals surface area contributed by atoms with E-state index >= 15 is 0 Å². The number of carbonyl (C=O) groups excluding carboxylic acids is 1. The average molecular weight is 339 g/mol. The Kier molecular flexibility index (Phi) is 23.1. The van der Waals surface area contributed by atoms with E-state index in [1.165, 1.54) is 38.5 Å². The summed E-state index contributed by atoms with van der Waals surface area (Å²) >= 11 is 0. The van der Waals surface area contributed by atoms with Gasteiger partial charge in [-0.3, -0.25) is 0 Å². The van der Waals surface area contributed by atoms with Crippen LogP contribution in [0, 0.1) is 0 Å². The Hall–Kier alpha value is 1.07. The molecule has 22 heavy (non-hydrogen) atoms. The minimum atomic E-state index is -0.944. The quantitative estimate of drug-likeness (QED) is 0.337. The monoisotopic (exact) mass is 338 g/mol. The number of rotatable bonds is 16. The van der Waals surface area contributed by atoms with Crippen LogP contribution in [0.4, 0.5) is 0 Å². The summed E-state index contributed by atoms with van der Waals surface area (Å²) in [5, 5.41) is 20.1. The van der Waals surface area contributed by atoms with E-state index in [2.05, 4.69) is 6.92 Å². The zero-order valence-corrected chi connectivity index (χ0v) is 18.1. The molecule has 0 heterocycles. The molecule has 1 N–H and O–H groups in total. The van der Waals surface area contributed by atoms with Gasteiger partial charge in [0.15, 0.2) is 0 Å². The van der Waals surface area contributed by atoms with Crippen molar-refractivity contribution in [3.63, 3.8) is 0 Å². The molecule has 0 aliphatic carbocycles. The van der Waals surface area contributed by atoms with Gasteiger partial charge in [0.1, 0.15) is 0 Å². The average Bonchev–Trinajstić information content (AvgIpc) is 2.45. The molecule has 0 aromatic heterocycles. The maximum Gasteiger partial charge on any atom is 1.00 e. The molecule has 0 spiro atoms. The topological polar surface area (TPSA) is 60.4 Å². The summed E-state index contributed by atoms with van der Waals surface area (Å²) in [5.74, 6) is -0.944. The Morgan fingerprint density at radius 2 is 1.23 bits per heavy atom. The largest absolute Gasteiger partial charge is 1.00 e. The van der Waals surface area contributed by atoms with Crippen molar-refractivity contribution in [2.24, 2.45) is 0 Å². The summed E-state index contributed by atoms with van der Waals surface area (Å²) in [6.07, 6.45) is 15.9. The van der Waals surface area contributed by atoms with Gasteiger partial charge in [-0.15, -0.1) is 0 Å². The molecule has 0 aliphatic heterocycles. The predicted octanol–water partition coefficient (Wildman–Crippen LogP) is 0.973. The van der Waals surface area contributed by atoms with Crippen molar-refractivity contribution >= 4 is 5.97 Å². The van der Waals surface area contributed by atoms with Gasteiger partial charge in [0, 0.05) is 5.97 Å². The van der Waals surface area contributed by atoms with Gasteiger partial charge >= 0.3 is 51.4 Å².